The van der Waals surface area contributed by atoms with E-state index in [2.05, 4.69) is 103 Å². The molecule has 1 aliphatic heterocycles. The second-order valence-corrected chi connectivity index (χ2v) is 9.54. The number of hydrogen-bond acceptors (Lipinski definition) is 0. The fourth-order valence-corrected chi connectivity index (χ4v) is 7.03. The Balaban J connectivity index is 2.03. The van der Waals surface area contributed by atoms with Crippen LogP contribution in [0.15, 0.2) is 66.7 Å². The van der Waals surface area contributed by atoms with Gasteiger partial charge < -0.3 is 0 Å². The number of benzene rings is 3. The van der Waals surface area contributed by atoms with Crippen LogP contribution in [-0.4, -0.2) is 4.40 Å². The molecule has 0 saturated heterocycles. The van der Waals surface area contributed by atoms with Gasteiger partial charge in [0, 0.05) is 16.2 Å². The Morgan fingerprint density at radius 2 is 1.48 bits per heavy atom. The molecular weight excluding hydrogens is 376 g/mol. The molecular formula is C29H31N2+. The molecule has 0 saturated carbocycles. The van der Waals surface area contributed by atoms with Crippen molar-refractivity contribution in [1.82, 2.24) is 4.40 Å². The molecule has 156 valence electrons. The van der Waals surface area contributed by atoms with E-state index in [1.165, 1.54) is 51.2 Å². The van der Waals surface area contributed by atoms with Gasteiger partial charge in [-0.1, -0.05) is 75.7 Å². The summed E-state index contributed by atoms with van der Waals surface area (Å²) in [7, 11) is 0. The summed E-state index contributed by atoms with van der Waals surface area (Å²) in [5.41, 5.74) is 7.01. The van der Waals surface area contributed by atoms with Crippen LogP contribution >= 0.6 is 0 Å². The highest BCUT2D eigenvalue weighted by atomic mass is 15.2. The summed E-state index contributed by atoms with van der Waals surface area (Å²) in [4.78, 5) is 0. The van der Waals surface area contributed by atoms with E-state index >= 15 is 0 Å². The number of hydrogen-bond donors (Lipinski definition) is 0. The van der Waals surface area contributed by atoms with Crippen molar-refractivity contribution in [1.29, 1.82) is 0 Å². The van der Waals surface area contributed by atoms with Gasteiger partial charge in [0.1, 0.15) is 11.1 Å². The fourth-order valence-electron chi connectivity index (χ4n) is 7.03. The Kier molecular flexibility index (Phi) is 3.85. The fraction of sp³-hybridized carbons (Fsp3) is 0.345. The van der Waals surface area contributed by atoms with Crippen LogP contribution in [0.5, 0.6) is 0 Å². The summed E-state index contributed by atoms with van der Waals surface area (Å²) in [6.45, 7) is 9.67. The van der Waals surface area contributed by atoms with Crippen molar-refractivity contribution in [2.45, 2.75) is 64.3 Å². The molecule has 0 amide bonds. The van der Waals surface area contributed by atoms with Crippen molar-refractivity contribution in [2.75, 3.05) is 0 Å². The molecule has 3 heterocycles. The molecule has 2 atom stereocenters. The maximum atomic E-state index is 2.73. The molecule has 0 bridgehead atoms. The highest BCUT2D eigenvalue weighted by Crippen LogP contribution is 2.53. The Morgan fingerprint density at radius 1 is 0.774 bits per heavy atom. The third-order valence-corrected chi connectivity index (χ3v) is 8.52. The Hall–Kier alpha value is -2.87. The number of fused-ring (bicyclic) bond motifs is 6. The van der Waals surface area contributed by atoms with E-state index in [0.717, 1.165) is 12.8 Å². The second-order valence-electron chi connectivity index (χ2n) is 9.54. The minimum atomic E-state index is 0.00978. The lowest BCUT2D eigenvalue weighted by atomic mass is 9.58. The number of para-hydroxylation sites is 3. The van der Waals surface area contributed by atoms with Crippen LogP contribution in [0.4, 0.5) is 0 Å². The van der Waals surface area contributed by atoms with Crippen LogP contribution in [0, 0.1) is 0 Å². The van der Waals surface area contributed by atoms with Crippen LogP contribution in [0.3, 0.4) is 0 Å². The third kappa shape index (κ3) is 2.02. The quantitative estimate of drug-likeness (QED) is 0.219. The third-order valence-electron chi connectivity index (χ3n) is 8.52. The van der Waals surface area contributed by atoms with Crippen molar-refractivity contribution in [3.8, 4) is 0 Å². The van der Waals surface area contributed by atoms with Crippen molar-refractivity contribution in [2.24, 2.45) is 0 Å². The first kappa shape index (κ1) is 18.9. The van der Waals surface area contributed by atoms with Gasteiger partial charge in [-0.25, -0.2) is 4.57 Å². The topological polar surface area (TPSA) is 8.29 Å². The van der Waals surface area contributed by atoms with E-state index in [4.69, 9.17) is 0 Å². The van der Waals surface area contributed by atoms with E-state index in [0.29, 0.717) is 0 Å². The monoisotopic (exact) mass is 407 g/mol. The smallest absolute Gasteiger partial charge is 0.216 e. The molecule has 2 unspecified atom stereocenters. The van der Waals surface area contributed by atoms with Gasteiger partial charge in [-0.2, -0.15) is 4.40 Å². The Bertz CT molecular complexity index is 1490. The van der Waals surface area contributed by atoms with Gasteiger partial charge in [0.15, 0.2) is 11.0 Å². The molecule has 2 aromatic heterocycles. The van der Waals surface area contributed by atoms with Gasteiger partial charge in [-0.15, -0.1) is 0 Å². The lowest BCUT2D eigenvalue weighted by molar-refractivity contribution is -0.729. The predicted molar refractivity (Wildman–Crippen MR) is 131 cm³/mol. The number of imidazole rings is 1. The summed E-state index contributed by atoms with van der Waals surface area (Å²) in [5.74, 6) is 0. The van der Waals surface area contributed by atoms with Crippen LogP contribution in [-0.2, 0) is 11.0 Å². The molecule has 0 aliphatic carbocycles. The number of aromatic nitrogens is 2. The summed E-state index contributed by atoms with van der Waals surface area (Å²) < 4.78 is 5.26. The summed E-state index contributed by atoms with van der Waals surface area (Å²) in [6, 6.07) is 25.0. The SMILES string of the molecule is CCCC1(CC)c2cccc3c4ccccc4n4c5ccccc5[n+](c4c23)C1(C)CC. The van der Waals surface area contributed by atoms with Gasteiger partial charge in [-0.05, 0) is 49.9 Å². The van der Waals surface area contributed by atoms with Gasteiger partial charge in [0.2, 0.25) is 0 Å². The molecule has 1 aliphatic rings. The zero-order chi connectivity index (χ0) is 21.4. The number of nitrogens with zero attached hydrogens (tertiary/aromatic N) is 2. The number of rotatable bonds is 4. The van der Waals surface area contributed by atoms with E-state index in [1.807, 2.05) is 0 Å². The van der Waals surface area contributed by atoms with E-state index in [1.54, 1.807) is 5.56 Å². The largest absolute Gasteiger partial charge is 0.296 e. The molecule has 3 aromatic carbocycles. The zero-order valence-corrected chi connectivity index (χ0v) is 19.1. The van der Waals surface area contributed by atoms with Crippen molar-refractivity contribution in [3.05, 3.63) is 72.3 Å². The second kappa shape index (κ2) is 6.32. The lowest BCUT2D eigenvalue weighted by Gasteiger charge is -2.49. The summed E-state index contributed by atoms with van der Waals surface area (Å²) >= 11 is 0. The van der Waals surface area contributed by atoms with Gasteiger partial charge in [0.05, 0.1) is 5.39 Å². The molecule has 2 heteroatoms. The highest BCUT2D eigenvalue weighted by molar-refractivity contribution is 6.14. The Morgan fingerprint density at radius 3 is 2.23 bits per heavy atom. The van der Waals surface area contributed by atoms with Crippen molar-refractivity contribution < 1.29 is 4.57 Å². The lowest BCUT2D eigenvalue weighted by Crippen LogP contribution is -2.67. The van der Waals surface area contributed by atoms with E-state index < -0.39 is 0 Å². The molecule has 6 rings (SSSR count). The zero-order valence-electron chi connectivity index (χ0n) is 19.1. The van der Waals surface area contributed by atoms with Crippen LogP contribution in [0.2, 0.25) is 0 Å². The van der Waals surface area contributed by atoms with Gasteiger partial charge in [-0.3, -0.25) is 0 Å². The van der Waals surface area contributed by atoms with E-state index in [9.17, 15) is 0 Å². The van der Waals surface area contributed by atoms with Gasteiger partial charge >= 0.3 is 0 Å². The van der Waals surface area contributed by atoms with E-state index in [-0.39, 0.29) is 11.0 Å². The summed E-state index contributed by atoms with van der Waals surface area (Å²) in [6.07, 6.45) is 4.66. The molecule has 5 aromatic rings. The maximum absolute atomic E-state index is 2.73. The van der Waals surface area contributed by atoms with Crippen LogP contribution < -0.4 is 4.57 Å². The standard InChI is InChI=1S/C29H31N2/c1-5-19-29(7-3)22-15-12-14-21-20-13-8-9-16-23(20)30-24-17-10-11-18-25(24)31(27(30)26(21)22)28(29,4)6-2/h8-18H,5-7,19H2,1-4H3/q+1. The number of pyridine rings is 1. The molecule has 2 nitrogen and oxygen atoms in total. The molecule has 0 fully saturated rings. The maximum Gasteiger partial charge on any atom is 0.296 e. The minimum absolute atomic E-state index is 0.00978. The van der Waals surface area contributed by atoms with Crippen LogP contribution in [0.1, 0.15) is 58.9 Å². The first-order chi connectivity index (χ1) is 15.1. The van der Waals surface area contributed by atoms with Crippen LogP contribution in [0.25, 0.3) is 38.4 Å². The van der Waals surface area contributed by atoms with Gasteiger partial charge in [0.25, 0.3) is 5.65 Å². The first-order valence-electron chi connectivity index (χ1n) is 11.9. The van der Waals surface area contributed by atoms with Crippen molar-refractivity contribution >= 4 is 38.4 Å². The molecule has 31 heavy (non-hydrogen) atoms. The average molecular weight is 408 g/mol. The average Bonchev–Trinajstić information content (AvgIpc) is 3.18. The molecule has 0 N–H and O–H groups in total. The normalized spacial score (nSPS) is 23.0. The Labute approximate surface area is 184 Å². The highest BCUT2D eigenvalue weighted by Gasteiger charge is 2.56. The molecule has 0 radical (unpaired) electrons. The molecule has 0 spiro atoms. The summed E-state index contributed by atoms with van der Waals surface area (Å²) in [5, 5.41) is 4.20. The minimum Gasteiger partial charge on any atom is -0.216 e. The van der Waals surface area contributed by atoms with Crippen molar-refractivity contribution in [3.63, 3.8) is 0 Å². The predicted octanol–water partition coefficient (Wildman–Crippen LogP) is 7.27. The first-order valence-corrected chi connectivity index (χ1v) is 11.9.